The molecular formula is C18H15NO. The molecular weight excluding hydrogens is 246 g/mol. The van der Waals surface area contributed by atoms with Gasteiger partial charge in [0.05, 0.1) is 6.61 Å². The molecule has 2 heterocycles. The number of hydrogen-bond donors (Lipinski definition) is 0. The number of rotatable bonds is 1. The Kier molecular flexibility index (Phi) is 2.49. The number of hydrogen-bond acceptors (Lipinski definition) is 2. The van der Waals surface area contributed by atoms with E-state index in [9.17, 15) is 0 Å². The Balaban J connectivity index is 1.98. The molecule has 0 spiro atoms. The summed E-state index contributed by atoms with van der Waals surface area (Å²) in [5, 5.41) is 2.42. The molecule has 1 aromatic heterocycles. The predicted octanol–water partition coefficient (Wildman–Crippen LogP) is 4.15. The third kappa shape index (κ3) is 1.76. The second-order valence-electron chi connectivity index (χ2n) is 5.33. The van der Waals surface area contributed by atoms with Crippen LogP contribution in [0.15, 0.2) is 48.8 Å². The lowest BCUT2D eigenvalue weighted by Crippen LogP contribution is -1.87. The molecule has 20 heavy (non-hydrogen) atoms. The van der Waals surface area contributed by atoms with E-state index in [4.69, 9.17) is 4.74 Å². The van der Waals surface area contributed by atoms with Gasteiger partial charge in [-0.3, -0.25) is 4.98 Å². The highest BCUT2D eigenvalue weighted by Crippen LogP contribution is 2.34. The second kappa shape index (κ2) is 4.34. The summed E-state index contributed by atoms with van der Waals surface area (Å²) in [5.74, 6) is 1.03. The summed E-state index contributed by atoms with van der Waals surface area (Å²) in [6, 6.07) is 13.0. The number of aryl methyl sites for hydroxylation is 1. The summed E-state index contributed by atoms with van der Waals surface area (Å²) in [7, 11) is 0. The Bertz CT molecular complexity index is 808. The van der Waals surface area contributed by atoms with Crippen LogP contribution in [0.2, 0.25) is 0 Å². The summed E-state index contributed by atoms with van der Waals surface area (Å²) in [6.07, 6.45) is 4.81. The summed E-state index contributed by atoms with van der Waals surface area (Å²) in [6.45, 7) is 2.93. The summed E-state index contributed by atoms with van der Waals surface area (Å²) >= 11 is 0. The standard InChI is InChI=1S/C18H15NO/c1-12-8-15-4-6-19-11-17(15)16(9-12)14-3-2-13-5-7-20-18(13)10-14/h2-4,6,8-11H,5,7H2,1H3. The van der Waals surface area contributed by atoms with E-state index in [0.717, 1.165) is 18.8 Å². The van der Waals surface area contributed by atoms with Crippen LogP contribution in [0.3, 0.4) is 0 Å². The van der Waals surface area contributed by atoms with Crippen molar-refractivity contribution in [2.75, 3.05) is 6.61 Å². The molecule has 0 unspecified atom stereocenters. The highest BCUT2D eigenvalue weighted by Gasteiger charge is 2.14. The van der Waals surface area contributed by atoms with Crippen molar-refractivity contribution in [2.24, 2.45) is 0 Å². The number of pyridine rings is 1. The van der Waals surface area contributed by atoms with Gasteiger partial charge in [-0.2, -0.15) is 0 Å². The van der Waals surface area contributed by atoms with Gasteiger partial charge >= 0.3 is 0 Å². The predicted molar refractivity (Wildman–Crippen MR) is 81.1 cm³/mol. The van der Waals surface area contributed by atoms with Crippen LogP contribution in [0.25, 0.3) is 21.9 Å². The van der Waals surface area contributed by atoms with E-state index in [-0.39, 0.29) is 0 Å². The van der Waals surface area contributed by atoms with Crippen molar-refractivity contribution in [1.29, 1.82) is 0 Å². The first-order chi connectivity index (χ1) is 9.81. The lowest BCUT2D eigenvalue weighted by molar-refractivity contribution is 0.357. The molecule has 2 aromatic carbocycles. The van der Waals surface area contributed by atoms with Gasteiger partial charge in [0, 0.05) is 24.2 Å². The fraction of sp³-hybridized carbons (Fsp3) is 0.167. The lowest BCUT2D eigenvalue weighted by Gasteiger charge is -2.10. The Morgan fingerprint density at radius 1 is 1.10 bits per heavy atom. The maximum Gasteiger partial charge on any atom is 0.123 e. The van der Waals surface area contributed by atoms with Gasteiger partial charge in [0.2, 0.25) is 0 Å². The zero-order valence-electron chi connectivity index (χ0n) is 11.4. The monoisotopic (exact) mass is 261 g/mol. The smallest absolute Gasteiger partial charge is 0.123 e. The number of aromatic nitrogens is 1. The fourth-order valence-corrected chi connectivity index (χ4v) is 2.92. The van der Waals surface area contributed by atoms with Gasteiger partial charge in [-0.1, -0.05) is 24.3 Å². The molecule has 1 aliphatic heterocycles. The zero-order valence-corrected chi connectivity index (χ0v) is 11.4. The van der Waals surface area contributed by atoms with E-state index in [1.54, 1.807) is 0 Å². The maximum absolute atomic E-state index is 5.69. The second-order valence-corrected chi connectivity index (χ2v) is 5.33. The number of ether oxygens (including phenoxy) is 1. The average molecular weight is 261 g/mol. The number of fused-ring (bicyclic) bond motifs is 2. The van der Waals surface area contributed by atoms with Crippen LogP contribution in [-0.4, -0.2) is 11.6 Å². The van der Waals surface area contributed by atoms with Crippen molar-refractivity contribution < 1.29 is 4.74 Å². The third-order valence-corrected chi connectivity index (χ3v) is 3.91. The molecule has 0 saturated carbocycles. The minimum absolute atomic E-state index is 0.801. The first-order valence-electron chi connectivity index (χ1n) is 6.92. The van der Waals surface area contributed by atoms with Crippen LogP contribution in [0.5, 0.6) is 5.75 Å². The average Bonchev–Trinajstić information content (AvgIpc) is 2.93. The first kappa shape index (κ1) is 11.5. The molecule has 0 N–H and O–H groups in total. The first-order valence-corrected chi connectivity index (χ1v) is 6.92. The van der Waals surface area contributed by atoms with E-state index >= 15 is 0 Å². The summed E-state index contributed by atoms with van der Waals surface area (Å²) in [4.78, 5) is 4.27. The molecule has 4 rings (SSSR count). The molecule has 0 aliphatic carbocycles. The highest BCUT2D eigenvalue weighted by atomic mass is 16.5. The van der Waals surface area contributed by atoms with Gasteiger partial charge in [-0.15, -0.1) is 0 Å². The minimum Gasteiger partial charge on any atom is -0.493 e. The van der Waals surface area contributed by atoms with Crippen molar-refractivity contribution >= 4 is 10.8 Å². The molecule has 0 saturated heterocycles. The number of nitrogens with zero attached hydrogens (tertiary/aromatic N) is 1. The van der Waals surface area contributed by atoms with Gasteiger partial charge in [-0.05, 0) is 46.7 Å². The molecule has 0 amide bonds. The van der Waals surface area contributed by atoms with Crippen molar-refractivity contribution in [3.8, 4) is 16.9 Å². The lowest BCUT2D eigenvalue weighted by atomic mass is 9.96. The molecule has 98 valence electrons. The molecule has 2 nitrogen and oxygen atoms in total. The molecule has 0 bridgehead atoms. The summed E-state index contributed by atoms with van der Waals surface area (Å²) < 4.78 is 5.69. The zero-order chi connectivity index (χ0) is 13.5. The van der Waals surface area contributed by atoms with Gasteiger partial charge in [0.15, 0.2) is 0 Å². The van der Waals surface area contributed by atoms with Gasteiger partial charge in [0.1, 0.15) is 5.75 Å². The topological polar surface area (TPSA) is 22.1 Å². The molecule has 0 fully saturated rings. The van der Waals surface area contributed by atoms with Crippen molar-refractivity contribution in [2.45, 2.75) is 13.3 Å². The van der Waals surface area contributed by atoms with E-state index in [1.807, 2.05) is 12.4 Å². The Labute approximate surface area is 118 Å². The van der Waals surface area contributed by atoms with Crippen molar-refractivity contribution in [1.82, 2.24) is 4.98 Å². The SMILES string of the molecule is Cc1cc(-c2ccc3c(c2)OCC3)c2cnccc2c1. The Hall–Kier alpha value is -2.35. The number of benzene rings is 2. The van der Waals surface area contributed by atoms with Crippen molar-refractivity contribution in [3.63, 3.8) is 0 Å². The van der Waals surface area contributed by atoms with Gasteiger partial charge < -0.3 is 4.74 Å². The van der Waals surface area contributed by atoms with Crippen molar-refractivity contribution in [3.05, 3.63) is 59.9 Å². The molecule has 3 aromatic rings. The molecule has 0 atom stereocenters. The Morgan fingerprint density at radius 2 is 2.05 bits per heavy atom. The molecule has 2 heteroatoms. The fourth-order valence-electron chi connectivity index (χ4n) is 2.92. The molecule has 1 aliphatic rings. The normalized spacial score (nSPS) is 13.2. The largest absolute Gasteiger partial charge is 0.493 e. The van der Waals surface area contributed by atoms with Gasteiger partial charge in [-0.25, -0.2) is 0 Å². The van der Waals surface area contributed by atoms with Gasteiger partial charge in [0.25, 0.3) is 0 Å². The highest BCUT2D eigenvalue weighted by molar-refractivity contribution is 5.96. The van der Waals surface area contributed by atoms with Crippen LogP contribution in [-0.2, 0) is 6.42 Å². The minimum atomic E-state index is 0.801. The van der Waals surface area contributed by atoms with Crippen LogP contribution in [0.4, 0.5) is 0 Å². The van der Waals surface area contributed by atoms with E-state index in [1.165, 1.54) is 33.0 Å². The van der Waals surface area contributed by atoms with Crippen LogP contribution in [0, 0.1) is 6.92 Å². The van der Waals surface area contributed by atoms with Crippen LogP contribution >= 0.6 is 0 Å². The summed E-state index contributed by atoms with van der Waals surface area (Å²) in [5.41, 5.74) is 5.00. The quantitative estimate of drug-likeness (QED) is 0.656. The van der Waals surface area contributed by atoms with Crippen LogP contribution < -0.4 is 4.74 Å². The van der Waals surface area contributed by atoms with E-state index < -0.39 is 0 Å². The van der Waals surface area contributed by atoms with E-state index in [2.05, 4.69) is 48.3 Å². The maximum atomic E-state index is 5.69. The molecule has 0 radical (unpaired) electrons. The van der Waals surface area contributed by atoms with E-state index in [0.29, 0.717) is 0 Å². The third-order valence-electron chi connectivity index (χ3n) is 3.91. The Morgan fingerprint density at radius 3 is 3.00 bits per heavy atom. The van der Waals surface area contributed by atoms with Crippen LogP contribution in [0.1, 0.15) is 11.1 Å².